The number of phenolic OH excluding ortho intramolecular Hbond substituents is 2. The van der Waals surface area contributed by atoms with Gasteiger partial charge in [-0.15, -0.1) is 0 Å². The third-order valence-electron chi connectivity index (χ3n) is 12.6. The Morgan fingerprint density at radius 2 is 1.82 bits per heavy atom. The lowest BCUT2D eigenvalue weighted by Crippen LogP contribution is -2.70. The maximum absolute atomic E-state index is 16.0. The zero-order chi connectivity index (χ0) is 39.5. The maximum Gasteiger partial charge on any atom is 0.332 e. The van der Waals surface area contributed by atoms with Crippen LogP contribution in [0.1, 0.15) is 68.8 Å². The van der Waals surface area contributed by atoms with Gasteiger partial charge in [0.05, 0.1) is 49.4 Å². The third kappa shape index (κ3) is 4.87. The van der Waals surface area contributed by atoms with Crippen LogP contribution in [0.15, 0.2) is 18.2 Å². The van der Waals surface area contributed by atoms with E-state index in [9.17, 15) is 25.1 Å². The van der Waals surface area contributed by atoms with Gasteiger partial charge in [0.2, 0.25) is 6.79 Å². The van der Waals surface area contributed by atoms with E-state index in [-0.39, 0.29) is 48.2 Å². The Morgan fingerprint density at radius 3 is 2.54 bits per heavy atom. The molecule has 7 heterocycles. The number of carbonyl (C=O) groups excluding carboxylic acids is 2. The fourth-order valence-corrected chi connectivity index (χ4v) is 12.5. The molecule has 8 atom stereocenters. The number of phenols is 2. The molecule has 10 rings (SSSR count). The van der Waals surface area contributed by atoms with Crippen molar-refractivity contribution in [3.63, 3.8) is 0 Å². The minimum Gasteiger partial charge on any atom is -0.504 e. The lowest BCUT2D eigenvalue weighted by molar-refractivity contribution is -0.157. The van der Waals surface area contributed by atoms with Crippen molar-refractivity contribution < 1.29 is 52.4 Å². The van der Waals surface area contributed by atoms with Crippen LogP contribution >= 0.6 is 0 Å². The molecule has 294 valence electrons. The lowest BCUT2D eigenvalue weighted by Gasteiger charge is -2.61. The molecule has 0 saturated carbocycles. The smallest absolute Gasteiger partial charge is 0.332 e. The quantitative estimate of drug-likeness (QED) is 0.259. The van der Waals surface area contributed by atoms with Gasteiger partial charge in [-0.1, -0.05) is 6.07 Å². The number of aromatic hydroxyl groups is 2. The van der Waals surface area contributed by atoms with Crippen molar-refractivity contribution in [2.45, 2.75) is 74.6 Å². The summed E-state index contributed by atoms with van der Waals surface area (Å²) in [5.41, 5.74) is 2.99. The summed E-state index contributed by atoms with van der Waals surface area (Å²) in [6.07, 6.45) is 0.882. The van der Waals surface area contributed by atoms with Crippen molar-refractivity contribution in [1.29, 1.82) is 5.26 Å². The normalized spacial score (nSPS) is 29.9. The van der Waals surface area contributed by atoms with E-state index >= 15 is 4.21 Å². The molecule has 1 spiro atoms. The average Bonchev–Trinajstić information content (AvgIpc) is 3.65. The molecule has 0 aromatic heterocycles. The highest BCUT2D eigenvalue weighted by atomic mass is 32.2. The number of fused-ring (bicyclic) bond motifs is 9. The molecule has 0 aliphatic carbocycles. The number of nitriles is 1. The molecule has 56 heavy (non-hydrogen) atoms. The summed E-state index contributed by atoms with van der Waals surface area (Å²) in [5.74, 6) is -0.469. The van der Waals surface area contributed by atoms with Gasteiger partial charge >= 0.3 is 11.9 Å². The Morgan fingerprint density at radius 1 is 1.05 bits per heavy atom. The zero-order valence-corrected chi connectivity index (χ0v) is 32.6. The molecule has 15 nitrogen and oxygen atoms in total. The number of nitrogens with one attached hydrogen (secondary N) is 1. The Labute approximate surface area is 325 Å². The van der Waals surface area contributed by atoms with Crippen molar-refractivity contribution >= 4 is 22.7 Å². The molecule has 7 aliphatic rings. The van der Waals surface area contributed by atoms with E-state index in [1.54, 1.807) is 19.1 Å². The summed E-state index contributed by atoms with van der Waals surface area (Å²) in [5, 5.41) is 36.2. The van der Waals surface area contributed by atoms with Crippen molar-refractivity contribution in [3.05, 3.63) is 62.7 Å². The summed E-state index contributed by atoms with van der Waals surface area (Å²) in [6, 6.07) is 4.10. The summed E-state index contributed by atoms with van der Waals surface area (Å²) in [4.78, 5) is 31.8. The highest BCUT2D eigenvalue weighted by molar-refractivity contribution is 7.85. The molecule has 3 aromatic rings. The molecule has 1 unspecified atom stereocenters. The number of benzene rings is 3. The molecular weight excluding hydrogens is 745 g/mol. The second kappa shape index (κ2) is 13.0. The van der Waals surface area contributed by atoms with Gasteiger partial charge in [-0.25, -0.2) is 4.79 Å². The van der Waals surface area contributed by atoms with E-state index in [0.717, 1.165) is 11.1 Å². The molecule has 4 bridgehead atoms. The number of hydrogen-bond acceptors (Lipinski definition) is 15. The van der Waals surface area contributed by atoms with Crippen LogP contribution in [-0.4, -0.2) is 101 Å². The van der Waals surface area contributed by atoms with E-state index in [0.29, 0.717) is 70.0 Å². The summed E-state index contributed by atoms with van der Waals surface area (Å²) < 4.78 is 51.8. The van der Waals surface area contributed by atoms with Gasteiger partial charge in [-0.05, 0) is 68.1 Å². The number of aryl methyl sites for hydroxylation is 1. The number of methoxy groups -OCH3 is 2. The summed E-state index contributed by atoms with van der Waals surface area (Å²) in [7, 11) is 2.75. The van der Waals surface area contributed by atoms with Gasteiger partial charge in [0.25, 0.3) is 0 Å². The predicted octanol–water partition coefficient (Wildman–Crippen LogP) is 3.00. The molecule has 0 radical (unpaired) electrons. The minimum absolute atomic E-state index is 0.0492. The Balaban J connectivity index is 1.36. The van der Waals surface area contributed by atoms with Crippen LogP contribution in [0.3, 0.4) is 0 Å². The van der Waals surface area contributed by atoms with Gasteiger partial charge < -0.3 is 38.6 Å². The van der Waals surface area contributed by atoms with Crippen LogP contribution in [-0.2, 0) is 43.5 Å². The van der Waals surface area contributed by atoms with E-state index in [4.69, 9.17) is 28.4 Å². The largest absolute Gasteiger partial charge is 0.504 e. The van der Waals surface area contributed by atoms with Crippen molar-refractivity contribution in [2.24, 2.45) is 0 Å². The highest BCUT2D eigenvalue weighted by Crippen LogP contribution is 2.63. The van der Waals surface area contributed by atoms with Gasteiger partial charge in [-0.2, -0.15) is 5.26 Å². The summed E-state index contributed by atoms with van der Waals surface area (Å²) in [6.45, 7) is 4.79. The van der Waals surface area contributed by atoms with E-state index in [1.165, 1.54) is 21.1 Å². The number of rotatable bonds is 3. The maximum atomic E-state index is 16.0. The average molecular weight is 787 g/mol. The molecule has 7 aliphatic heterocycles. The number of esters is 2. The Hall–Kier alpha value is -5.08. The predicted molar refractivity (Wildman–Crippen MR) is 199 cm³/mol. The van der Waals surface area contributed by atoms with Gasteiger partial charge in [-0.3, -0.25) is 24.1 Å². The van der Waals surface area contributed by atoms with Crippen molar-refractivity contribution in [3.8, 4) is 46.3 Å². The first kappa shape index (κ1) is 36.6. The molecule has 3 N–H and O–H groups in total. The first-order valence-electron chi connectivity index (χ1n) is 18.5. The SMILES string of the molecule is COc1cc2c(cc1O)CCNC21C[S@](=O)[C@@H]2c3c(OC(C)=O)c(C)c4c(c3[C@H](COC1=O)N1[C@@H]2[C@H]2c3c(cc(C)c(OC)c3O)C[C@@H]([C@@H]1C#N)N2C)OCO4. The number of hydrogen-bond donors (Lipinski definition) is 3. The van der Waals surface area contributed by atoms with E-state index in [1.807, 2.05) is 24.9 Å². The number of piperazine rings is 1. The standard InChI is InChI=1S/C40H42N4O11S/c1-17-9-21-10-23-24(13-41)44-25-14-52-39(48)40(22-12-27(50-5)26(46)11-20(22)7-8-42-40)15-56(49)38(32(44)31(43(23)4)28(21)33(47)34(17)51-6)30-29(25)37-36(53-16-54-37)18(2)35(30)55-19(3)45/h9,11-12,23-25,31-32,38,42,46-47H,7-8,10,14-16H2,1-6H3/t23-,24-,25-,31+,32+,38+,40?,56-/m0/s1. The second-order valence-electron chi connectivity index (χ2n) is 15.3. The van der Waals surface area contributed by atoms with Crippen molar-refractivity contribution in [1.82, 2.24) is 15.1 Å². The van der Waals surface area contributed by atoms with Crippen molar-refractivity contribution in [2.75, 3.05) is 47.0 Å². The number of ether oxygens (including phenoxy) is 6. The topological polar surface area (TPSA) is 189 Å². The number of likely N-dealkylation sites (N-methyl/N-ethyl adjacent to an activating group) is 1. The second-order valence-corrected chi connectivity index (χ2v) is 16.9. The first-order chi connectivity index (χ1) is 26.9. The fraction of sp³-hybridized carbons (Fsp3) is 0.475. The molecule has 16 heteroatoms. The van der Waals surface area contributed by atoms with Crippen LogP contribution in [0.2, 0.25) is 0 Å². The van der Waals surface area contributed by atoms with Crippen LogP contribution in [0.4, 0.5) is 0 Å². The molecule has 3 aromatic carbocycles. The van der Waals surface area contributed by atoms with Gasteiger partial charge in [0.15, 0.2) is 40.0 Å². The van der Waals surface area contributed by atoms with E-state index < -0.39 is 57.7 Å². The Bertz CT molecular complexity index is 2310. The molecular formula is C40H42N4O11S. The zero-order valence-electron chi connectivity index (χ0n) is 31.8. The number of carbonyl (C=O) groups is 2. The number of nitrogens with zero attached hydrogens (tertiary/aromatic N) is 3. The minimum atomic E-state index is -2.06. The van der Waals surface area contributed by atoms with Crippen LogP contribution in [0.5, 0.6) is 40.2 Å². The van der Waals surface area contributed by atoms with Crippen LogP contribution < -0.4 is 29.0 Å². The van der Waals surface area contributed by atoms with Gasteiger partial charge in [0, 0.05) is 52.6 Å². The Kier molecular flexibility index (Phi) is 8.48. The highest BCUT2D eigenvalue weighted by Gasteiger charge is 2.63. The molecule has 0 amide bonds. The fourth-order valence-electron chi connectivity index (χ4n) is 10.4. The van der Waals surface area contributed by atoms with Gasteiger partial charge in [0.1, 0.15) is 18.4 Å². The van der Waals surface area contributed by atoms with E-state index in [2.05, 4.69) is 16.3 Å². The van der Waals surface area contributed by atoms with Crippen LogP contribution in [0, 0.1) is 25.2 Å². The first-order valence-corrected chi connectivity index (χ1v) is 19.9. The molecule has 2 fully saturated rings. The van der Waals surface area contributed by atoms with Crippen LogP contribution in [0.25, 0.3) is 0 Å². The molecule has 2 saturated heterocycles. The lowest BCUT2D eigenvalue weighted by atomic mass is 9.71. The monoisotopic (exact) mass is 786 g/mol. The summed E-state index contributed by atoms with van der Waals surface area (Å²) >= 11 is 0. The third-order valence-corrected chi connectivity index (χ3v) is 14.4.